The lowest BCUT2D eigenvalue weighted by atomic mass is 10.1. The quantitative estimate of drug-likeness (QED) is 0.715. The van der Waals surface area contributed by atoms with E-state index in [1.54, 1.807) is 17.1 Å². The first-order valence-corrected chi connectivity index (χ1v) is 7.20. The molecule has 1 fully saturated rings. The molecule has 0 aliphatic carbocycles. The van der Waals surface area contributed by atoms with Gasteiger partial charge in [-0.15, -0.1) is 13.2 Å². The molecule has 1 amide bonds. The first-order valence-electron chi connectivity index (χ1n) is 7.20. The van der Waals surface area contributed by atoms with Gasteiger partial charge in [0.05, 0.1) is 12.6 Å². The molecule has 114 valence electrons. The first-order chi connectivity index (χ1) is 10.2. The largest absolute Gasteiger partial charge is 0.334 e. The number of hydrogen-bond acceptors (Lipinski definition) is 5. The van der Waals surface area contributed by atoms with Gasteiger partial charge in [0.1, 0.15) is 11.4 Å². The molecule has 0 unspecified atom stereocenters. The minimum atomic E-state index is 0.0795. The van der Waals surface area contributed by atoms with Gasteiger partial charge in [0.2, 0.25) is 5.91 Å². The van der Waals surface area contributed by atoms with Crippen molar-refractivity contribution in [3.8, 4) is 0 Å². The van der Waals surface area contributed by atoms with Gasteiger partial charge in [-0.3, -0.25) is 9.69 Å². The van der Waals surface area contributed by atoms with Crippen molar-refractivity contribution in [1.82, 2.24) is 20.1 Å². The fraction of sp³-hybridized carbons (Fsp3) is 0.533. The number of aromatic nitrogens is 2. The van der Waals surface area contributed by atoms with E-state index in [9.17, 15) is 4.79 Å². The smallest absolute Gasteiger partial charge is 0.237 e. The highest BCUT2D eigenvalue weighted by Gasteiger charge is 2.32. The molecule has 1 aromatic rings. The van der Waals surface area contributed by atoms with E-state index in [1.165, 1.54) is 0 Å². The van der Waals surface area contributed by atoms with Crippen LogP contribution in [0.2, 0.25) is 0 Å². The summed E-state index contributed by atoms with van der Waals surface area (Å²) in [6.45, 7) is 11.6. The summed E-state index contributed by atoms with van der Waals surface area (Å²) >= 11 is 0. The van der Waals surface area contributed by atoms with E-state index in [1.807, 2.05) is 6.92 Å². The maximum absolute atomic E-state index is 12.4. The molecule has 0 radical (unpaired) electrons. The average molecular weight is 290 g/mol. The summed E-state index contributed by atoms with van der Waals surface area (Å²) in [7, 11) is 0. The molecular formula is C15H22N4O2. The second kappa shape index (κ2) is 7.17. The Kier molecular flexibility index (Phi) is 5.27. The summed E-state index contributed by atoms with van der Waals surface area (Å²) in [6.07, 6.45) is 5.49. The van der Waals surface area contributed by atoms with Crippen molar-refractivity contribution < 1.29 is 9.42 Å². The number of carbonyl (C=O) groups is 1. The number of likely N-dealkylation sites (tertiary alicyclic amines) is 1. The van der Waals surface area contributed by atoms with Crippen LogP contribution in [0.4, 0.5) is 0 Å². The first kappa shape index (κ1) is 15.4. The number of aryl methyl sites for hydroxylation is 1. The highest BCUT2D eigenvalue weighted by atomic mass is 16.6. The molecular weight excluding hydrogens is 268 g/mol. The van der Waals surface area contributed by atoms with Gasteiger partial charge in [0.15, 0.2) is 0 Å². The number of rotatable bonds is 7. The molecule has 2 heterocycles. The molecule has 1 atom stereocenters. The van der Waals surface area contributed by atoms with E-state index >= 15 is 0 Å². The van der Waals surface area contributed by atoms with Crippen LogP contribution in [0.15, 0.2) is 29.9 Å². The van der Waals surface area contributed by atoms with Crippen LogP contribution >= 0.6 is 0 Å². The van der Waals surface area contributed by atoms with E-state index in [4.69, 9.17) is 4.63 Å². The summed E-state index contributed by atoms with van der Waals surface area (Å²) in [4.78, 5) is 16.3. The van der Waals surface area contributed by atoms with Crippen LogP contribution in [-0.2, 0) is 4.79 Å². The molecule has 1 aliphatic rings. The second-order valence-corrected chi connectivity index (χ2v) is 5.24. The summed E-state index contributed by atoms with van der Waals surface area (Å²) < 4.78 is 4.79. The van der Waals surface area contributed by atoms with Crippen LogP contribution in [0.3, 0.4) is 0 Å². The van der Waals surface area contributed by atoms with Crippen molar-refractivity contribution in [3.63, 3.8) is 0 Å². The van der Waals surface area contributed by atoms with Crippen molar-refractivity contribution in [1.29, 1.82) is 0 Å². The zero-order valence-electron chi connectivity index (χ0n) is 12.5. The molecule has 0 spiro atoms. The van der Waals surface area contributed by atoms with Crippen molar-refractivity contribution in [2.45, 2.75) is 25.8 Å². The Morgan fingerprint density at radius 1 is 1.43 bits per heavy atom. The zero-order chi connectivity index (χ0) is 15.2. The minimum Gasteiger partial charge on any atom is -0.334 e. The monoisotopic (exact) mass is 290 g/mol. The summed E-state index contributed by atoms with van der Waals surface area (Å²) in [5.41, 5.74) is 1.65. The molecule has 0 bridgehead atoms. The molecule has 0 aromatic carbocycles. The van der Waals surface area contributed by atoms with Crippen molar-refractivity contribution in [2.24, 2.45) is 0 Å². The van der Waals surface area contributed by atoms with Gasteiger partial charge in [-0.2, -0.15) is 0 Å². The predicted molar refractivity (Wildman–Crippen MR) is 79.6 cm³/mol. The number of nitrogens with zero attached hydrogens (tertiary/aromatic N) is 4. The van der Waals surface area contributed by atoms with Crippen LogP contribution in [0.1, 0.15) is 30.3 Å². The normalized spacial score (nSPS) is 18.6. The maximum atomic E-state index is 12.4. The molecule has 21 heavy (non-hydrogen) atoms. The van der Waals surface area contributed by atoms with Crippen molar-refractivity contribution in [2.75, 3.05) is 26.2 Å². The van der Waals surface area contributed by atoms with Crippen LogP contribution in [0.5, 0.6) is 0 Å². The van der Waals surface area contributed by atoms with E-state index in [-0.39, 0.29) is 11.9 Å². The zero-order valence-corrected chi connectivity index (χ0v) is 12.5. The molecule has 0 saturated carbocycles. The summed E-state index contributed by atoms with van der Waals surface area (Å²) in [5.74, 6) is 0.0795. The van der Waals surface area contributed by atoms with Crippen LogP contribution in [0, 0.1) is 6.92 Å². The molecule has 0 N–H and O–H groups in total. The van der Waals surface area contributed by atoms with Gasteiger partial charge in [0, 0.05) is 13.1 Å². The van der Waals surface area contributed by atoms with Crippen LogP contribution < -0.4 is 0 Å². The lowest BCUT2D eigenvalue weighted by Crippen LogP contribution is -2.40. The highest BCUT2D eigenvalue weighted by molar-refractivity contribution is 5.78. The number of hydrogen-bond donors (Lipinski definition) is 0. The topological polar surface area (TPSA) is 62.5 Å². The summed E-state index contributed by atoms with van der Waals surface area (Å²) in [5, 5.41) is 7.82. The molecule has 6 heteroatoms. The fourth-order valence-corrected chi connectivity index (χ4v) is 2.73. The standard InChI is InChI=1S/C15H22N4O2/c1-4-8-18(9-5-2)14(20)11-19-10-6-7-13(19)15-12(3)16-21-17-15/h4-5,13H,1-2,6-11H2,3H3/t13-/m1/s1. The SMILES string of the molecule is C=CCN(CC=C)C(=O)CN1CCC[C@@H]1c1nonc1C. The third-order valence-electron chi connectivity index (χ3n) is 3.76. The fourth-order valence-electron chi connectivity index (χ4n) is 2.73. The number of carbonyl (C=O) groups excluding carboxylic acids is 1. The predicted octanol–water partition coefficient (Wildman–Crippen LogP) is 1.72. The van der Waals surface area contributed by atoms with Gasteiger partial charge >= 0.3 is 0 Å². The Balaban J connectivity index is 2.03. The van der Waals surface area contributed by atoms with Crippen molar-refractivity contribution in [3.05, 3.63) is 36.7 Å². The average Bonchev–Trinajstić information content (AvgIpc) is 3.07. The van der Waals surface area contributed by atoms with Crippen molar-refractivity contribution >= 4 is 5.91 Å². The minimum absolute atomic E-state index is 0.0795. The maximum Gasteiger partial charge on any atom is 0.237 e. The molecule has 1 aromatic heterocycles. The third-order valence-corrected chi connectivity index (χ3v) is 3.76. The van der Waals surface area contributed by atoms with Gasteiger partial charge in [-0.1, -0.05) is 22.5 Å². The van der Waals surface area contributed by atoms with Gasteiger partial charge in [-0.25, -0.2) is 4.63 Å². The van der Waals surface area contributed by atoms with E-state index in [0.29, 0.717) is 19.6 Å². The number of amides is 1. The molecule has 1 aliphatic heterocycles. The molecule has 6 nitrogen and oxygen atoms in total. The van der Waals surface area contributed by atoms with E-state index in [0.717, 1.165) is 30.8 Å². The van der Waals surface area contributed by atoms with Crippen LogP contribution in [-0.4, -0.2) is 52.2 Å². The van der Waals surface area contributed by atoms with Crippen LogP contribution in [0.25, 0.3) is 0 Å². The Bertz CT molecular complexity index is 502. The summed E-state index contributed by atoms with van der Waals surface area (Å²) in [6, 6.07) is 0.120. The second-order valence-electron chi connectivity index (χ2n) is 5.24. The van der Waals surface area contributed by atoms with E-state index < -0.39 is 0 Å². The van der Waals surface area contributed by atoms with Gasteiger partial charge in [0.25, 0.3) is 0 Å². The Morgan fingerprint density at radius 3 is 2.71 bits per heavy atom. The molecule has 2 rings (SSSR count). The Hall–Kier alpha value is -1.95. The highest BCUT2D eigenvalue weighted by Crippen LogP contribution is 2.31. The lowest BCUT2D eigenvalue weighted by molar-refractivity contribution is -0.131. The lowest BCUT2D eigenvalue weighted by Gasteiger charge is -2.26. The van der Waals surface area contributed by atoms with E-state index in [2.05, 4.69) is 28.4 Å². The van der Waals surface area contributed by atoms with Gasteiger partial charge in [-0.05, 0) is 26.3 Å². The Labute approximate surface area is 125 Å². The third kappa shape index (κ3) is 3.58. The van der Waals surface area contributed by atoms with Gasteiger partial charge < -0.3 is 4.90 Å². The molecule has 1 saturated heterocycles. The Morgan fingerprint density at radius 2 is 2.14 bits per heavy atom.